The van der Waals surface area contributed by atoms with Crippen molar-refractivity contribution in [2.24, 2.45) is 0 Å². The van der Waals surface area contributed by atoms with E-state index in [1.54, 1.807) is 0 Å². The van der Waals surface area contributed by atoms with Crippen LogP contribution in [0.25, 0.3) is 33.5 Å². The van der Waals surface area contributed by atoms with E-state index in [0.29, 0.717) is 16.3 Å². The number of rotatable bonds is 9. The van der Waals surface area contributed by atoms with Crippen molar-refractivity contribution in [2.75, 3.05) is 0 Å². The summed E-state index contributed by atoms with van der Waals surface area (Å²) < 4.78 is 2.44. The van der Waals surface area contributed by atoms with Gasteiger partial charge in [0.25, 0.3) is 0 Å². The molecule has 44 heavy (non-hydrogen) atoms. The van der Waals surface area contributed by atoms with Gasteiger partial charge in [-0.05, 0) is 52.8 Å². The molecule has 1 N–H and O–H groups in total. The van der Waals surface area contributed by atoms with Gasteiger partial charge in [-0.2, -0.15) is 0 Å². The van der Waals surface area contributed by atoms with Crippen molar-refractivity contribution in [1.29, 1.82) is 0 Å². The topological polar surface area (TPSA) is 98.1 Å². The van der Waals surface area contributed by atoms with Crippen molar-refractivity contribution >= 4 is 34.6 Å². The molecular formula is C34H40N8S2. The first-order valence-corrected chi connectivity index (χ1v) is 17.9. The van der Waals surface area contributed by atoms with Crippen molar-refractivity contribution in [3.63, 3.8) is 0 Å². The lowest BCUT2D eigenvalue weighted by Gasteiger charge is -2.22. The lowest BCUT2D eigenvalue weighted by atomic mass is 9.98. The van der Waals surface area contributed by atoms with E-state index in [-0.39, 0.29) is 5.92 Å². The fourth-order valence-corrected chi connectivity index (χ4v) is 9.17. The van der Waals surface area contributed by atoms with Gasteiger partial charge in [0.2, 0.25) is 0 Å². The number of thioether (sulfide) groups is 2. The van der Waals surface area contributed by atoms with Crippen molar-refractivity contribution in [1.82, 2.24) is 40.4 Å². The predicted octanol–water partition coefficient (Wildman–Crippen LogP) is 8.69. The standard InChI is InChI=1S/C34H40N8S2/c1-22(2)32-35-29-30(34(44-26-13-7-4-8-14-26)39-38-33(29)43-25-11-5-3-6-12-25)42(32)21-23-17-19-24(20-18-23)27-15-9-10-16-28(27)31-36-40-41-37-31/h9-10,15-20,22,25-26H,3-8,11-14,21H2,1-2H3,(H,36,37,40,41). The molecule has 2 fully saturated rings. The number of tetrazole rings is 1. The maximum atomic E-state index is 5.34. The van der Waals surface area contributed by atoms with Crippen LogP contribution >= 0.6 is 23.5 Å². The molecule has 3 heterocycles. The summed E-state index contributed by atoms with van der Waals surface area (Å²) in [6.07, 6.45) is 13.0. The van der Waals surface area contributed by atoms with Gasteiger partial charge in [-0.15, -0.1) is 15.3 Å². The Labute approximate surface area is 267 Å². The quantitative estimate of drug-likeness (QED) is 0.174. The van der Waals surface area contributed by atoms with Crippen molar-refractivity contribution < 1.29 is 0 Å². The number of fused-ring (bicyclic) bond motifs is 1. The first kappa shape index (κ1) is 29.5. The normalized spacial score (nSPS) is 16.7. The summed E-state index contributed by atoms with van der Waals surface area (Å²) in [5.74, 6) is 2.06. The Bertz CT molecular complexity index is 1680. The second-order valence-corrected chi connectivity index (χ2v) is 15.0. The Morgan fingerprint density at radius 1 is 0.773 bits per heavy atom. The number of hydrogen-bond donors (Lipinski definition) is 1. The summed E-state index contributed by atoms with van der Waals surface area (Å²) in [6.45, 7) is 5.24. The van der Waals surface area contributed by atoms with Crippen LogP contribution in [0.1, 0.15) is 95.4 Å². The molecule has 0 radical (unpaired) electrons. The molecule has 5 aromatic rings. The average Bonchev–Trinajstić information content (AvgIpc) is 3.73. The number of aromatic amines is 1. The molecule has 2 saturated carbocycles. The highest BCUT2D eigenvalue weighted by Gasteiger charge is 2.26. The summed E-state index contributed by atoms with van der Waals surface area (Å²) in [4.78, 5) is 5.34. The molecule has 2 aliphatic carbocycles. The maximum Gasteiger partial charge on any atom is 0.180 e. The largest absolute Gasteiger partial charge is 0.321 e. The molecule has 0 spiro atoms. The molecule has 7 rings (SSSR count). The first-order valence-electron chi connectivity index (χ1n) is 16.2. The summed E-state index contributed by atoms with van der Waals surface area (Å²) in [5, 5.41) is 27.7. The Morgan fingerprint density at radius 3 is 2.05 bits per heavy atom. The van der Waals surface area contributed by atoms with Crippen molar-refractivity contribution in [3.8, 4) is 22.5 Å². The van der Waals surface area contributed by atoms with Crippen LogP contribution < -0.4 is 0 Å². The maximum absolute atomic E-state index is 5.34. The fraction of sp³-hybridized carbons (Fsp3) is 0.471. The van der Waals surface area contributed by atoms with Gasteiger partial charge >= 0.3 is 0 Å². The van der Waals surface area contributed by atoms with Crippen LogP contribution in [-0.2, 0) is 6.54 Å². The van der Waals surface area contributed by atoms with E-state index in [2.05, 4.69) is 75.4 Å². The van der Waals surface area contributed by atoms with E-state index in [4.69, 9.17) is 15.2 Å². The second kappa shape index (κ2) is 13.4. The summed E-state index contributed by atoms with van der Waals surface area (Å²) in [6, 6.07) is 17.1. The number of hydrogen-bond acceptors (Lipinski definition) is 8. The van der Waals surface area contributed by atoms with Crippen LogP contribution in [0.5, 0.6) is 0 Å². The molecule has 8 nitrogen and oxygen atoms in total. The molecule has 0 atom stereocenters. The van der Waals surface area contributed by atoms with Gasteiger partial charge < -0.3 is 4.57 Å². The van der Waals surface area contributed by atoms with Crippen LogP contribution in [0, 0.1) is 0 Å². The summed E-state index contributed by atoms with van der Waals surface area (Å²) in [5.41, 5.74) is 6.67. The number of benzene rings is 2. The molecule has 3 aromatic heterocycles. The number of nitrogens with zero attached hydrogens (tertiary/aromatic N) is 7. The first-order chi connectivity index (χ1) is 21.6. The van der Waals surface area contributed by atoms with Crippen molar-refractivity contribution in [3.05, 3.63) is 59.9 Å². The van der Waals surface area contributed by atoms with Gasteiger partial charge in [0, 0.05) is 28.5 Å². The molecule has 2 aliphatic rings. The van der Waals surface area contributed by atoms with Gasteiger partial charge in [-0.25, -0.2) is 10.1 Å². The van der Waals surface area contributed by atoms with Crippen LogP contribution in [0.2, 0.25) is 0 Å². The third-order valence-corrected chi connectivity index (χ3v) is 11.6. The highest BCUT2D eigenvalue weighted by molar-refractivity contribution is 8.00. The van der Waals surface area contributed by atoms with Gasteiger partial charge in [-0.1, -0.05) is 124 Å². The number of aromatic nitrogens is 8. The van der Waals surface area contributed by atoms with Crippen LogP contribution in [0.3, 0.4) is 0 Å². The zero-order chi connectivity index (χ0) is 29.9. The number of imidazole rings is 1. The Kier molecular flexibility index (Phi) is 8.98. The summed E-state index contributed by atoms with van der Waals surface area (Å²) >= 11 is 3.85. The minimum Gasteiger partial charge on any atom is -0.321 e. The third kappa shape index (κ3) is 6.29. The fourth-order valence-electron chi connectivity index (χ4n) is 6.65. The minimum absolute atomic E-state index is 0.282. The van der Waals surface area contributed by atoms with E-state index in [0.717, 1.165) is 44.6 Å². The van der Waals surface area contributed by atoms with Crippen LogP contribution in [0.4, 0.5) is 0 Å². The predicted molar refractivity (Wildman–Crippen MR) is 179 cm³/mol. The molecular weight excluding hydrogens is 585 g/mol. The zero-order valence-electron chi connectivity index (χ0n) is 25.6. The second-order valence-electron chi connectivity index (χ2n) is 12.5. The van der Waals surface area contributed by atoms with Crippen LogP contribution in [0.15, 0.2) is 58.6 Å². The zero-order valence-corrected chi connectivity index (χ0v) is 27.2. The Morgan fingerprint density at radius 2 is 1.41 bits per heavy atom. The van der Waals surface area contributed by atoms with E-state index in [1.807, 2.05) is 35.7 Å². The van der Waals surface area contributed by atoms with E-state index >= 15 is 0 Å². The highest BCUT2D eigenvalue weighted by Crippen LogP contribution is 2.41. The molecule has 0 amide bonds. The molecule has 10 heteroatoms. The molecule has 0 saturated heterocycles. The molecule has 2 aromatic carbocycles. The van der Waals surface area contributed by atoms with Gasteiger partial charge in [0.1, 0.15) is 26.9 Å². The number of nitrogens with one attached hydrogen (secondary N) is 1. The SMILES string of the molecule is CC(C)c1nc2c(SC3CCCCC3)nnc(SC3CCCCC3)c2n1Cc1ccc(-c2ccccc2-c2nnn[nH]2)cc1. The molecule has 0 aliphatic heterocycles. The number of H-pyrrole nitrogens is 1. The molecule has 0 bridgehead atoms. The summed E-state index contributed by atoms with van der Waals surface area (Å²) in [7, 11) is 0. The van der Waals surface area contributed by atoms with E-state index < -0.39 is 0 Å². The third-order valence-electron chi connectivity index (χ3n) is 8.94. The van der Waals surface area contributed by atoms with Gasteiger partial charge in [-0.3, -0.25) is 0 Å². The van der Waals surface area contributed by atoms with Gasteiger partial charge in [0.05, 0.1) is 0 Å². The Balaban J connectivity index is 1.26. The van der Waals surface area contributed by atoms with Crippen molar-refractivity contribution in [2.45, 2.75) is 111 Å². The lowest BCUT2D eigenvalue weighted by Crippen LogP contribution is -2.11. The minimum atomic E-state index is 0.282. The molecule has 228 valence electrons. The van der Waals surface area contributed by atoms with Crippen LogP contribution in [-0.4, -0.2) is 50.9 Å². The monoisotopic (exact) mass is 624 g/mol. The lowest BCUT2D eigenvalue weighted by molar-refractivity contribution is 0.515. The molecule has 0 unspecified atom stereocenters. The smallest absolute Gasteiger partial charge is 0.180 e. The van der Waals surface area contributed by atoms with Gasteiger partial charge in [0.15, 0.2) is 5.82 Å². The average molecular weight is 625 g/mol. The van der Waals surface area contributed by atoms with E-state index in [1.165, 1.54) is 75.3 Å². The Hall–Kier alpha value is -3.24. The highest BCUT2D eigenvalue weighted by atomic mass is 32.2. The van der Waals surface area contributed by atoms with E-state index in [9.17, 15) is 0 Å².